The Bertz CT molecular complexity index is 1520. The Morgan fingerprint density at radius 1 is 0.974 bits per heavy atom. The maximum Gasteiger partial charge on any atom is 0.234 e. The molecule has 8 nitrogen and oxygen atoms in total. The van der Waals surface area contributed by atoms with E-state index < -0.39 is 0 Å². The highest BCUT2D eigenvalue weighted by Gasteiger charge is 2.22. The van der Waals surface area contributed by atoms with Crippen molar-refractivity contribution in [2.45, 2.75) is 38.3 Å². The average Bonchev–Trinajstić information content (AvgIpc) is 2.98. The zero-order valence-electron chi connectivity index (χ0n) is 21.6. The minimum Gasteiger partial charge on any atom is -0.367 e. The second-order valence-corrected chi connectivity index (χ2v) is 10.1. The van der Waals surface area contributed by atoms with Crippen molar-refractivity contribution in [1.82, 2.24) is 19.9 Å². The molecule has 4 heterocycles. The van der Waals surface area contributed by atoms with Crippen LogP contribution >= 0.6 is 0 Å². The van der Waals surface area contributed by atoms with Crippen LogP contribution in [0.15, 0.2) is 72.9 Å². The van der Waals surface area contributed by atoms with Crippen LogP contribution in [-0.2, 0) is 17.8 Å². The van der Waals surface area contributed by atoms with Gasteiger partial charge < -0.3 is 10.6 Å². The van der Waals surface area contributed by atoms with Crippen LogP contribution in [0.1, 0.15) is 36.3 Å². The number of rotatable bonds is 6. The van der Waals surface area contributed by atoms with Crippen molar-refractivity contribution in [3.05, 3.63) is 90.0 Å². The number of nitrogens with zero attached hydrogens (tertiary/aromatic N) is 5. The lowest BCUT2D eigenvalue weighted by molar-refractivity contribution is -0.116. The number of hydrogen-bond acceptors (Lipinski definition) is 7. The zero-order chi connectivity index (χ0) is 26.6. The summed E-state index contributed by atoms with van der Waals surface area (Å²) in [5.41, 5.74) is 7.13. The Balaban J connectivity index is 1.14. The largest absolute Gasteiger partial charge is 0.367 e. The molecule has 8 heteroatoms. The van der Waals surface area contributed by atoms with Crippen LogP contribution in [0, 0.1) is 11.3 Å². The summed E-state index contributed by atoms with van der Waals surface area (Å²) in [6, 6.07) is 25.1. The van der Waals surface area contributed by atoms with Crippen LogP contribution < -0.4 is 10.6 Å². The fraction of sp³-hybridized carbons (Fsp3) is 0.258. The second kappa shape index (κ2) is 11.0. The molecule has 0 bridgehead atoms. The van der Waals surface area contributed by atoms with Gasteiger partial charge in [0.15, 0.2) is 0 Å². The lowest BCUT2D eigenvalue weighted by Crippen LogP contribution is -2.38. The predicted molar refractivity (Wildman–Crippen MR) is 151 cm³/mol. The third-order valence-electron chi connectivity index (χ3n) is 7.38. The van der Waals surface area contributed by atoms with Crippen LogP contribution in [0.25, 0.3) is 22.4 Å². The Labute approximate surface area is 227 Å². The number of piperidine rings is 1. The Kier molecular flexibility index (Phi) is 6.98. The number of nitriles is 1. The van der Waals surface area contributed by atoms with E-state index in [0.29, 0.717) is 24.7 Å². The molecular formula is C31H29N7O. The van der Waals surface area contributed by atoms with E-state index in [0.717, 1.165) is 66.2 Å². The van der Waals surface area contributed by atoms with E-state index in [4.69, 9.17) is 10.2 Å². The Morgan fingerprint density at radius 3 is 2.54 bits per heavy atom. The van der Waals surface area contributed by atoms with E-state index in [1.165, 1.54) is 5.56 Å². The minimum absolute atomic E-state index is 0.0439. The molecule has 0 aliphatic carbocycles. The lowest BCUT2D eigenvalue weighted by Gasteiger charge is -2.32. The fourth-order valence-electron chi connectivity index (χ4n) is 5.32. The van der Waals surface area contributed by atoms with Crippen molar-refractivity contribution in [3.63, 3.8) is 0 Å². The molecule has 1 amide bonds. The monoisotopic (exact) mass is 515 g/mol. The smallest absolute Gasteiger partial charge is 0.234 e. The highest BCUT2D eigenvalue weighted by molar-refractivity contribution is 5.95. The average molecular weight is 516 g/mol. The maximum absolute atomic E-state index is 12.0. The quantitative estimate of drug-likeness (QED) is 0.371. The third-order valence-corrected chi connectivity index (χ3v) is 7.38. The molecule has 2 aliphatic rings. The van der Waals surface area contributed by atoms with E-state index in [9.17, 15) is 4.79 Å². The number of pyridine rings is 1. The van der Waals surface area contributed by atoms with Gasteiger partial charge in [-0.3, -0.25) is 9.69 Å². The van der Waals surface area contributed by atoms with Crippen LogP contribution in [0.5, 0.6) is 0 Å². The van der Waals surface area contributed by atoms with Gasteiger partial charge in [-0.25, -0.2) is 15.0 Å². The number of anilines is 2. The number of aromatic nitrogens is 3. The summed E-state index contributed by atoms with van der Waals surface area (Å²) >= 11 is 0. The highest BCUT2D eigenvalue weighted by atomic mass is 16.1. The first-order valence-corrected chi connectivity index (χ1v) is 13.3. The van der Waals surface area contributed by atoms with Gasteiger partial charge in [-0.15, -0.1) is 0 Å². The van der Waals surface area contributed by atoms with Gasteiger partial charge in [0.25, 0.3) is 0 Å². The fourth-order valence-corrected chi connectivity index (χ4v) is 5.32. The molecule has 194 valence electrons. The van der Waals surface area contributed by atoms with Crippen LogP contribution in [0.2, 0.25) is 0 Å². The van der Waals surface area contributed by atoms with Gasteiger partial charge in [0.05, 0.1) is 17.1 Å². The second-order valence-electron chi connectivity index (χ2n) is 10.1. The lowest BCUT2D eigenvalue weighted by atomic mass is 9.95. The highest BCUT2D eigenvalue weighted by Crippen LogP contribution is 2.36. The summed E-state index contributed by atoms with van der Waals surface area (Å²) in [6.45, 7) is 2.88. The van der Waals surface area contributed by atoms with Gasteiger partial charge in [0.1, 0.15) is 11.9 Å². The molecule has 0 unspecified atom stereocenters. The SMILES string of the molecule is N#Cc1nccc(NC2CCN(Cc3ccc(-c4nc5c(cc4-c4ccccc4)NC(=O)CC5)cc3)CC2)n1. The van der Waals surface area contributed by atoms with Crippen molar-refractivity contribution >= 4 is 17.4 Å². The molecule has 6 rings (SSSR count). The summed E-state index contributed by atoms with van der Waals surface area (Å²) in [5.74, 6) is 0.945. The Hall–Kier alpha value is -4.61. The molecule has 0 atom stereocenters. The number of amides is 1. The Morgan fingerprint density at radius 2 is 1.77 bits per heavy atom. The van der Waals surface area contributed by atoms with Crippen molar-refractivity contribution in [1.29, 1.82) is 5.26 Å². The zero-order valence-corrected chi connectivity index (χ0v) is 21.6. The standard InChI is InChI=1S/C31H29N7O/c32-19-29-33-15-12-28(37-29)34-24-13-16-38(17-14-24)20-21-6-8-23(9-7-21)31-25(22-4-2-1-3-5-22)18-27-26(36-31)10-11-30(39)35-27/h1-9,12,15,18,24H,10-11,13-14,16-17,20H2,(H,35,39)(H,33,34,37). The van der Waals surface area contributed by atoms with Crippen molar-refractivity contribution < 1.29 is 4.79 Å². The molecule has 1 saturated heterocycles. The van der Waals surface area contributed by atoms with Gasteiger partial charge in [-0.2, -0.15) is 5.26 Å². The first-order chi connectivity index (χ1) is 19.1. The van der Waals surface area contributed by atoms with Gasteiger partial charge >= 0.3 is 0 Å². The number of carbonyl (C=O) groups is 1. The molecule has 0 saturated carbocycles. The van der Waals surface area contributed by atoms with E-state index >= 15 is 0 Å². The van der Waals surface area contributed by atoms with Crippen molar-refractivity contribution in [2.75, 3.05) is 23.7 Å². The topological polar surface area (TPSA) is 107 Å². The summed E-state index contributed by atoms with van der Waals surface area (Å²) < 4.78 is 0. The van der Waals surface area contributed by atoms with E-state index in [2.05, 4.69) is 68.0 Å². The minimum atomic E-state index is 0.0439. The van der Waals surface area contributed by atoms with Gasteiger partial charge in [0.2, 0.25) is 11.7 Å². The predicted octanol–water partition coefficient (Wildman–Crippen LogP) is 5.04. The van der Waals surface area contributed by atoms with Crippen molar-refractivity contribution in [3.8, 4) is 28.5 Å². The first kappa shape index (κ1) is 24.7. The number of aryl methyl sites for hydroxylation is 1. The molecule has 39 heavy (non-hydrogen) atoms. The normalized spacial score (nSPS) is 15.7. The number of hydrogen-bond donors (Lipinski definition) is 2. The van der Waals surface area contributed by atoms with Gasteiger partial charge in [0, 0.05) is 55.8 Å². The molecule has 0 radical (unpaired) electrons. The van der Waals surface area contributed by atoms with Crippen LogP contribution in [-0.4, -0.2) is 44.9 Å². The third kappa shape index (κ3) is 5.64. The summed E-state index contributed by atoms with van der Waals surface area (Å²) in [5, 5.41) is 15.5. The van der Waals surface area contributed by atoms with E-state index in [1.807, 2.05) is 30.3 Å². The molecule has 2 N–H and O–H groups in total. The van der Waals surface area contributed by atoms with Gasteiger partial charge in [-0.1, -0.05) is 54.6 Å². The molecule has 2 aromatic heterocycles. The summed E-state index contributed by atoms with van der Waals surface area (Å²) in [4.78, 5) is 27.7. The summed E-state index contributed by atoms with van der Waals surface area (Å²) in [6.07, 6.45) is 4.77. The van der Waals surface area contributed by atoms with E-state index in [-0.39, 0.29) is 11.7 Å². The van der Waals surface area contributed by atoms with Crippen molar-refractivity contribution in [2.24, 2.45) is 0 Å². The van der Waals surface area contributed by atoms with Crippen LogP contribution in [0.3, 0.4) is 0 Å². The number of carbonyl (C=O) groups excluding carboxylic acids is 1. The molecular weight excluding hydrogens is 486 g/mol. The molecule has 0 spiro atoms. The molecule has 4 aromatic rings. The number of benzene rings is 2. The number of nitrogens with one attached hydrogen (secondary N) is 2. The van der Waals surface area contributed by atoms with E-state index in [1.54, 1.807) is 6.20 Å². The molecule has 1 fully saturated rings. The maximum atomic E-state index is 12.0. The first-order valence-electron chi connectivity index (χ1n) is 13.3. The molecule has 2 aliphatic heterocycles. The summed E-state index contributed by atoms with van der Waals surface area (Å²) in [7, 11) is 0. The molecule has 2 aromatic carbocycles. The number of fused-ring (bicyclic) bond motifs is 1. The number of likely N-dealkylation sites (tertiary alicyclic amines) is 1. The van der Waals surface area contributed by atoms with Gasteiger partial charge in [-0.05, 0) is 36.1 Å². The van der Waals surface area contributed by atoms with Crippen LogP contribution in [0.4, 0.5) is 11.5 Å².